The summed E-state index contributed by atoms with van der Waals surface area (Å²) in [5.74, 6) is 0.411. The third kappa shape index (κ3) is 3.00. The van der Waals surface area contributed by atoms with Crippen molar-refractivity contribution in [2.24, 2.45) is 0 Å². The first-order chi connectivity index (χ1) is 9.45. The second-order valence-electron chi connectivity index (χ2n) is 3.86. The van der Waals surface area contributed by atoms with Crippen LogP contribution in [0.5, 0.6) is 5.75 Å². The van der Waals surface area contributed by atoms with Gasteiger partial charge < -0.3 is 4.74 Å². The molecular weight excluding hydrogens is 321 g/mol. The predicted molar refractivity (Wildman–Crippen MR) is 80.3 cm³/mol. The van der Waals surface area contributed by atoms with Gasteiger partial charge in [0.1, 0.15) is 10.6 Å². The zero-order chi connectivity index (χ0) is 14.8. The summed E-state index contributed by atoms with van der Waals surface area (Å²) in [6.45, 7) is 0. The number of hydrogen-bond donors (Lipinski definition) is 1. The van der Waals surface area contributed by atoms with Crippen LogP contribution >= 0.6 is 23.2 Å². The molecule has 4 nitrogen and oxygen atoms in total. The molecule has 0 unspecified atom stereocenters. The molecule has 20 heavy (non-hydrogen) atoms. The molecule has 2 rings (SSSR count). The van der Waals surface area contributed by atoms with E-state index in [-0.39, 0.29) is 14.9 Å². The second kappa shape index (κ2) is 5.91. The third-order valence-corrected chi connectivity index (χ3v) is 4.90. The van der Waals surface area contributed by atoms with E-state index in [1.54, 1.807) is 24.3 Å². The lowest BCUT2D eigenvalue weighted by Crippen LogP contribution is -2.14. The Morgan fingerprint density at radius 1 is 1.05 bits per heavy atom. The summed E-state index contributed by atoms with van der Waals surface area (Å²) in [6.07, 6.45) is 0. The molecule has 0 aromatic heterocycles. The smallest absolute Gasteiger partial charge is 0.263 e. The van der Waals surface area contributed by atoms with Gasteiger partial charge >= 0.3 is 0 Å². The maximum atomic E-state index is 12.3. The SMILES string of the molecule is COc1ccccc1NS(=O)(=O)c1cccc(Cl)c1Cl. The Morgan fingerprint density at radius 2 is 1.75 bits per heavy atom. The first-order valence-electron chi connectivity index (χ1n) is 5.55. The van der Waals surface area contributed by atoms with Crippen molar-refractivity contribution in [2.45, 2.75) is 4.90 Å². The van der Waals surface area contributed by atoms with Crippen molar-refractivity contribution in [1.82, 2.24) is 0 Å². The van der Waals surface area contributed by atoms with Gasteiger partial charge in [-0.2, -0.15) is 0 Å². The molecule has 0 radical (unpaired) electrons. The molecule has 2 aromatic carbocycles. The average molecular weight is 332 g/mol. The molecule has 0 saturated heterocycles. The quantitative estimate of drug-likeness (QED) is 0.926. The van der Waals surface area contributed by atoms with Crippen molar-refractivity contribution >= 4 is 38.9 Å². The summed E-state index contributed by atoms with van der Waals surface area (Å²) in [7, 11) is -2.39. The number of para-hydroxylation sites is 2. The maximum absolute atomic E-state index is 12.3. The minimum absolute atomic E-state index is 0.0171. The molecule has 0 saturated carbocycles. The molecule has 0 atom stereocenters. The van der Waals surface area contributed by atoms with Crippen LogP contribution in [0.1, 0.15) is 0 Å². The number of ether oxygens (including phenoxy) is 1. The Morgan fingerprint density at radius 3 is 2.45 bits per heavy atom. The van der Waals surface area contributed by atoms with Crippen molar-refractivity contribution in [3.8, 4) is 5.75 Å². The van der Waals surface area contributed by atoms with Crippen LogP contribution < -0.4 is 9.46 Å². The number of hydrogen-bond acceptors (Lipinski definition) is 3. The summed E-state index contributed by atoms with van der Waals surface area (Å²) in [4.78, 5) is -0.0856. The molecule has 0 fully saturated rings. The molecule has 0 aliphatic rings. The first-order valence-corrected chi connectivity index (χ1v) is 7.79. The lowest BCUT2D eigenvalue weighted by atomic mass is 10.3. The van der Waals surface area contributed by atoms with Gasteiger partial charge in [0.05, 0.1) is 22.8 Å². The first kappa shape index (κ1) is 15.0. The molecule has 2 aromatic rings. The van der Waals surface area contributed by atoms with Crippen molar-refractivity contribution in [3.63, 3.8) is 0 Å². The van der Waals surface area contributed by atoms with E-state index in [2.05, 4.69) is 4.72 Å². The number of halogens is 2. The largest absolute Gasteiger partial charge is 0.495 e. The van der Waals surface area contributed by atoms with Gasteiger partial charge in [-0.3, -0.25) is 4.72 Å². The van der Waals surface area contributed by atoms with Gasteiger partial charge in [0.2, 0.25) is 0 Å². The Labute approximate surface area is 127 Å². The van der Waals surface area contributed by atoms with E-state index in [9.17, 15) is 8.42 Å². The number of sulfonamides is 1. The van der Waals surface area contributed by atoms with Crippen LogP contribution in [0.2, 0.25) is 10.0 Å². The standard InChI is InChI=1S/C13H11Cl2NO3S/c1-19-11-7-3-2-6-10(11)16-20(17,18)12-8-4-5-9(14)13(12)15/h2-8,16H,1H3. The fraction of sp³-hybridized carbons (Fsp3) is 0.0769. The normalized spacial score (nSPS) is 11.2. The Balaban J connectivity index is 2.44. The van der Waals surface area contributed by atoms with E-state index in [1.165, 1.54) is 25.3 Å². The number of rotatable bonds is 4. The van der Waals surface area contributed by atoms with Crippen LogP contribution in [-0.4, -0.2) is 15.5 Å². The van der Waals surface area contributed by atoms with Crippen molar-refractivity contribution in [3.05, 3.63) is 52.5 Å². The van der Waals surface area contributed by atoms with E-state index in [1.807, 2.05) is 0 Å². The van der Waals surface area contributed by atoms with Crippen LogP contribution in [0, 0.1) is 0 Å². The van der Waals surface area contributed by atoms with Crippen molar-refractivity contribution in [1.29, 1.82) is 0 Å². The summed E-state index contributed by atoms with van der Waals surface area (Å²) in [5, 5.41) is 0.158. The summed E-state index contributed by atoms with van der Waals surface area (Å²) in [6, 6.07) is 11.1. The van der Waals surface area contributed by atoms with E-state index in [0.717, 1.165) is 0 Å². The van der Waals surface area contributed by atoms with Gasteiger partial charge in [-0.25, -0.2) is 8.42 Å². The molecule has 106 valence electrons. The summed E-state index contributed by atoms with van der Waals surface area (Å²) >= 11 is 11.8. The average Bonchev–Trinajstić information content (AvgIpc) is 2.42. The number of benzene rings is 2. The molecule has 0 aliphatic heterocycles. The summed E-state index contributed by atoms with van der Waals surface area (Å²) < 4.78 is 32.2. The highest BCUT2D eigenvalue weighted by molar-refractivity contribution is 7.92. The zero-order valence-electron chi connectivity index (χ0n) is 10.4. The Kier molecular flexibility index (Phi) is 4.42. The molecule has 0 spiro atoms. The Hall–Kier alpha value is -1.43. The lowest BCUT2D eigenvalue weighted by molar-refractivity contribution is 0.417. The van der Waals surface area contributed by atoms with Gasteiger partial charge in [0.15, 0.2) is 0 Å². The summed E-state index contributed by atoms with van der Waals surface area (Å²) in [5.41, 5.74) is 0.325. The second-order valence-corrected chi connectivity index (χ2v) is 6.29. The molecule has 0 heterocycles. The van der Waals surface area contributed by atoms with E-state index in [0.29, 0.717) is 11.4 Å². The van der Waals surface area contributed by atoms with Crippen molar-refractivity contribution in [2.75, 3.05) is 11.8 Å². The van der Waals surface area contributed by atoms with Crippen molar-refractivity contribution < 1.29 is 13.2 Å². The topological polar surface area (TPSA) is 55.4 Å². The number of nitrogens with one attached hydrogen (secondary N) is 1. The van der Waals surface area contributed by atoms with E-state index >= 15 is 0 Å². The van der Waals surface area contributed by atoms with Crippen LogP contribution in [0.25, 0.3) is 0 Å². The molecular formula is C13H11Cl2NO3S. The lowest BCUT2D eigenvalue weighted by Gasteiger charge is -2.12. The van der Waals surface area contributed by atoms with Gasteiger partial charge in [0, 0.05) is 0 Å². The van der Waals surface area contributed by atoms with Gasteiger partial charge in [-0.1, -0.05) is 41.4 Å². The minimum atomic E-state index is -3.85. The van der Waals surface area contributed by atoms with Crippen LogP contribution in [-0.2, 0) is 10.0 Å². The fourth-order valence-corrected chi connectivity index (χ4v) is 3.45. The molecule has 1 N–H and O–H groups in total. The van der Waals surface area contributed by atoms with Crippen LogP contribution in [0.15, 0.2) is 47.4 Å². The van der Waals surface area contributed by atoms with Crippen LogP contribution in [0.3, 0.4) is 0 Å². The van der Waals surface area contributed by atoms with E-state index < -0.39 is 10.0 Å². The number of anilines is 1. The number of methoxy groups -OCH3 is 1. The highest BCUT2D eigenvalue weighted by Gasteiger charge is 2.20. The molecule has 0 bridgehead atoms. The predicted octanol–water partition coefficient (Wildman–Crippen LogP) is 3.80. The highest BCUT2D eigenvalue weighted by Crippen LogP contribution is 2.32. The van der Waals surface area contributed by atoms with Gasteiger partial charge in [0.25, 0.3) is 10.0 Å². The molecule has 0 amide bonds. The maximum Gasteiger partial charge on any atom is 0.263 e. The fourth-order valence-electron chi connectivity index (χ4n) is 1.62. The van der Waals surface area contributed by atoms with Crippen LogP contribution in [0.4, 0.5) is 5.69 Å². The third-order valence-electron chi connectivity index (χ3n) is 2.56. The minimum Gasteiger partial charge on any atom is -0.495 e. The molecule has 7 heteroatoms. The Bertz CT molecular complexity index is 732. The zero-order valence-corrected chi connectivity index (χ0v) is 12.8. The monoisotopic (exact) mass is 331 g/mol. The molecule has 0 aliphatic carbocycles. The van der Waals surface area contributed by atoms with Gasteiger partial charge in [-0.15, -0.1) is 0 Å². The van der Waals surface area contributed by atoms with E-state index in [4.69, 9.17) is 27.9 Å². The van der Waals surface area contributed by atoms with Gasteiger partial charge in [-0.05, 0) is 24.3 Å². The highest BCUT2D eigenvalue weighted by atomic mass is 35.5.